The maximum atomic E-state index is 13.0. The lowest BCUT2D eigenvalue weighted by Crippen LogP contribution is -2.31. The van der Waals surface area contributed by atoms with Gasteiger partial charge in [-0.05, 0) is 42.2 Å². The number of hydrogen-bond donors (Lipinski definition) is 2. The van der Waals surface area contributed by atoms with Crippen LogP contribution in [0.25, 0.3) is 16.7 Å². The average Bonchev–Trinajstić information content (AvgIpc) is 2.79. The minimum atomic E-state index is -1.33. The second-order valence-corrected chi connectivity index (χ2v) is 8.46. The maximum Gasteiger partial charge on any atom is 0.341 e. The van der Waals surface area contributed by atoms with Gasteiger partial charge in [-0.3, -0.25) is 9.36 Å². The average molecular weight is 462 g/mol. The van der Waals surface area contributed by atoms with E-state index in [4.69, 9.17) is 22.3 Å². The molecular formula is C24H20ClN5O3. The molecule has 0 atom stereocenters. The molecule has 1 aliphatic heterocycles. The summed E-state index contributed by atoms with van der Waals surface area (Å²) in [6.45, 7) is 3.18. The minimum absolute atomic E-state index is 0.122. The zero-order valence-electron chi connectivity index (χ0n) is 17.7. The van der Waals surface area contributed by atoms with Crippen molar-refractivity contribution in [1.82, 2.24) is 14.5 Å². The van der Waals surface area contributed by atoms with E-state index < -0.39 is 11.4 Å². The molecule has 3 N–H and O–H groups in total. The number of pyridine rings is 3. The number of hydrogen-bond acceptors (Lipinski definition) is 6. The zero-order valence-corrected chi connectivity index (χ0v) is 18.5. The van der Waals surface area contributed by atoms with Crippen molar-refractivity contribution in [3.05, 3.63) is 86.3 Å². The molecule has 8 nitrogen and oxygen atoms in total. The van der Waals surface area contributed by atoms with Crippen LogP contribution in [0.1, 0.15) is 27.0 Å². The molecule has 0 spiro atoms. The topological polar surface area (TPSA) is 114 Å². The SMILES string of the molecule is Cc1cc(N)ncc1-n1cc(C(=O)O)c(=O)c2cc(Cl)c(N3CCc4ccccc4C3)nc21. The molecule has 4 aromatic rings. The van der Waals surface area contributed by atoms with Crippen LogP contribution in [0, 0.1) is 6.92 Å². The van der Waals surface area contributed by atoms with E-state index in [0.717, 1.165) is 18.5 Å². The Kier molecular flexibility index (Phi) is 5.02. The van der Waals surface area contributed by atoms with Crippen LogP contribution in [0.5, 0.6) is 0 Å². The first-order chi connectivity index (χ1) is 15.8. The van der Waals surface area contributed by atoms with E-state index in [1.54, 1.807) is 10.6 Å². The first-order valence-corrected chi connectivity index (χ1v) is 10.7. The Hall–Kier alpha value is -3.91. The number of fused-ring (bicyclic) bond motifs is 2. The number of carbonyl (C=O) groups is 1. The number of aromatic nitrogens is 3. The fourth-order valence-electron chi connectivity index (χ4n) is 4.27. The molecular weight excluding hydrogens is 442 g/mol. The molecule has 0 saturated heterocycles. The summed E-state index contributed by atoms with van der Waals surface area (Å²) in [5.41, 5.74) is 8.89. The fraction of sp³-hybridized carbons (Fsp3) is 0.167. The minimum Gasteiger partial charge on any atom is -0.477 e. The Morgan fingerprint density at radius 1 is 1.21 bits per heavy atom. The molecule has 166 valence electrons. The molecule has 1 aromatic carbocycles. The monoisotopic (exact) mass is 461 g/mol. The highest BCUT2D eigenvalue weighted by atomic mass is 35.5. The molecule has 0 amide bonds. The zero-order chi connectivity index (χ0) is 23.3. The summed E-state index contributed by atoms with van der Waals surface area (Å²) in [5, 5.41) is 10.0. The fourth-order valence-corrected chi connectivity index (χ4v) is 4.54. The Morgan fingerprint density at radius 3 is 2.70 bits per heavy atom. The Morgan fingerprint density at radius 2 is 1.97 bits per heavy atom. The van der Waals surface area contributed by atoms with E-state index in [9.17, 15) is 14.7 Å². The van der Waals surface area contributed by atoms with Gasteiger partial charge in [-0.15, -0.1) is 0 Å². The van der Waals surface area contributed by atoms with Gasteiger partial charge in [0.2, 0.25) is 5.43 Å². The third-order valence-corrected chi connectivity index (χ3v) is 6.22. The highest BCUT2D eigenvalue weighted by Crippen LogP contribution is 2.32. The predicted molar refractivity (Wildman–Crippen MR) is 127 cm³/mol. The van der Waals surface area contributed by atoms with Gasteiger partial charge in [0.25, 0.3) is 0 Å². The molecule has 3 aromatic heterocycles. The first-order valence-electron chi connectivity index (χ1n) is 10.4. The van der Waals surface area contributed by atoms with Crippen molar-refractivity contribution < 1.29 is 9.90 Å². The number of nitrogen functional groups attached to an aromatic ring is 1. The number of nitrogens with two attached hydrogens (primary N) is 1. The van der Waals surface area contributed by atoms with E-state index in [0.29, 0.717) is 34.5 Å². The number of halogens is 1. The van der Waals surface area contributed by atoms with Crippen molar-refractivity contribution in [2.45, 2.75) is 19.9 Å². The van der Waals surface area contributed by atoms with E-state index in [2.05, 4.69) is 22.0 Å². The molecule has 0 unspecified atom stereocenters. The standard InChI is InChI=1S/C24H20ClN5O3/c1-13-8-20(26)27-10-19(13)30-12-17(24(32)33)21(31)16-9-18(25)23(28-22(16)30)29-7-6-14-4-2-3-5-15(14)11-29/h2-5,8-10,12H,6-7,11H2,1H3,(H2,26,27)(H,32,33). The number of aromatic carboxylic acids is 1. The van der Waals surface area contributed by atoms with Crippen LogP contribution >= 0.6 is 11.6 Å². The Bertz CT molecular complexity index is 1500. The molecule has 0 saturated carbocycles. The van der Waals surface area contributed by atoms with Gasteiger partial charge in [0.05, 0.1) is 22.3 Å². The number of rotatable bonds is 3. The number of carboxylic acids is 1. The van der Waals surface area contributed by atoms with Gasteiger partial charge in [0.1, 0.15) is 17.2 Å². The van der Waals surface area contributed by atoms with Crippen molar-refractivity contribution >= 4 is 40.2 Å². The summed E-state index contributed by atoms with van der Waals surface area (Å²) >= 11 is 6.59. The van der Waals surface area contributed by atoms with Gasteiger partial charge in [-0.25, -0.2) is 14.8 Å². The molecule has 0 bridgehead atoms. The van der Waals surface area contributed by atoms with Crippen LogP contribution in [0.2, 0.25) is 5.02 Å². The lowest BCUT2D eigenvalue weighted by atomic mass is 10.00. The van der Waals surface area contributed by atoms with Crippen LogP contribution in [0.15, 0.2) is 53.6 Å². The molecule has 0 aliphatic carbocycles. The highest BCUT2D eigenvalue weighted by Gasteiger charge is 2.23. The van der Waals surface area contributed by atoms with Gasteiger partial charge in [-0.2, -0.15) is 0 Å². The van der Waals surface area contributed by atoms with E-state index in [1.165, 1.54) is 29.6 Å². The van der Waals surface area contributed by atoms with Gasteiger partial charge in [-0.1, -0.05) is 35.9 Å². The summed E-state index contributed by atoms with van der Waals surface area (Å²) in [4.78, 5) is 35.7. The predicted octanol–water partition coefficient (Wildman–Crippen LogP) is 3.59. The number of carboxylic acid groups (broad SMARTS) is 1. The third-order valence-electron chi connectivity index (χ3n) is 5.94. The summed E-state index contributed by atoms with van der Waals surface area (Å²) in [7, 11) is 0. The van der Waals surface area contributed by atoms with Crippen LogP contribution < -0.4 is 16.1 Å². The molecule has 33 heavy (non-hydrogen) atoms. The smallest absolute Gasteiger partial charge is 0.341 e. The van der Waals surface area contributed by atoms with Crippen molar-refractivity contribution in [2.75, 3.05) is 17.2 Å². The summed E-state index contributed by atoms with van der Waals surface area (Å²) in [6.07, 6.45) is 3.66. The van der Waals surface area contributed by atoms with Crippen LogP contribution in [0.3, 0.4) is 0 Å². The normalized spacial score (nSPS) is 13.2. The van der Waals surface area contributed by atoms with Crippen LogP contribution in [-0.2, 0) is 13.0 Å². The summed E-state index contributed by atoms with van der Waals surface area (Å²) in [5.74, 6) is -0.454. The molecule has 1 aliphatic rings. The van der Waals surface area contributed by atoms with Gasteiger partial charge < -0.3 is 15.7 Å². The third kappa shape index (κ3) is 3.58. The number of anilines is 2. The second-order valence-electron chi connectivity index (χ2n) is 8.05. The largest absolute Gasteiger partial charge is 0.477 e. The lowest BCUT2D eigenvalue weighted by Gasteiger charge is -2.30. The number of aryl methyl sites for hydroxylation is 1. The lowest BCUT2D eigenvalue weighted by molar-refractivity contribution is 0.0695. The van der Waals surface area contributed by atoms with E-state index in [1.807, 2.05) is 19.1 Å². The van der Waals surface area contributed by atoms with Gasteiger partial charge in [0.15, 0.2) is 5.65 Å². The maximum absolute atomic E-state index is 13.0. The van der Waals surface area contributed by atoms with Crippen LogP contribution in [-0.4, -0.2) is 32.2 Å². The highest BCUT2D eigenvalue weighted by molar-refractivity contribution is 6.33. The first kappa shape index (κ1) is 21.0. The van der Waals surface area contributed by atoms with E-state index in [-0.39, 0.29) is 10.9 Å². The molecule has 9 heteroatoms. The Labute approximate surface area is 193 Å². The van der Waals surface area contributed by atoms with E-state index >= 15 is 0 Å². The van der Waals surface area contributed by atoms with Crippen molar-refractivity contribution in [1.29, 1.82) is 0 Å². The molecule has 5 rings (SSSR count). The van der Waals surface area contributed by atoms with Crippen molar-refractivity contribution in [3.63, 3.8) is 0 Å². The number of nitrogens with zero attached hydrogens (tertiary/aromatic N) is 4. The summed E-state index contributed by atoms with van der Waals surface area (Å²) < 4.78 is 1.57. The molecule has 4 heterocycles. The van der Waals surface area contributed by atoms with Crippen molar-refractivity contribution in [3.8, 4) is 5.69 Å². The second kappa shape index (κ2) is 7.90. The van der Waals surface area contributed by atoms with Crippen LogP contribution in [0.4, 0.5) is 11.6 Å². The van der Waals surface area contributed by atoms with Gasteiger partial charge >= 0.3 is 5.97 Å². The summed E-state index contributed by atoms with van der Waals surface area (Å²) in [6, 6.07) is 11.4. The van der Waals surface area contributed by atoms with Crippen molar-refractivity contribution in [2.24, 2.45) is 0 Å². The molecule has 0 fully saturated rings. The quantitative estimate of drug-likeness (QED) is 0.479. The Balaban J connectivity index is 1.75. The molecule has 0 radical (unpaired) electrons. The number of benzene rings is 1. The van der Waals surface area contributed by atoms with Gasteiger partial charge in [0, 0.05) is 19.3 Å².